The van der Waals surface area contributed by atoms with Crippen molar-refractivity contribution in [2.75, 3.05) is 12.4 Å². The van der Waals surface area contributed by atoms with Crippen molar-refractivity contribution < 1.29 is 23.0 Å². The molecular weight excluding hydrogens is 398 g/mol. The number of hydrogen-bond acceptors (Lipinski definition) is 5. The Morgan fingerprint density at radius 1 is 1.17 bits per heavy atom. The Labute approximate surface area is 171 Å². The molecule has 2 aromatic carbocycles. The number of carbonyl (C=O) groups excluding carboxylic acids is 1. The van der Waals surface area contributed by atoms with Crippen molar-refractivity contribution >= 4 is 22.9 Å². The van der Waals surface area contributed by atoms with Crippen molar-refractivity contribution in [1.29, 1.82) is 0 Å². The lowest BCUT2D eigenvalue weighted by molar-refractivity contribution is -0.115. The zero-order valence-electron chi connectivity index (χ0n) is 15.9. The fourth-order valence-electron chi connectivity index (χ4n) is 2.72. The van der Waals surface area contributed by atoms with Crippen LogP contribution in [-0.4, -0.2) is 24.6 Å². The van der Waals surface area contributed by atoms with E-state index in [4.69, 9.17) is 4.74 Å². The number of rotatable bonds is 8. The second kappa shape index (κ2) is 9.47. The summed E-state index contributed by atoms with van der Waals surface area (Å²) in [5, 5.41) is 5.34. The van der Waals surface area contributed by atoms with Crippen molar-refractivity contribution in [1.82, 2.24) is 4.98 Å². The number of hydrogen-bond donors (Lipinski definition) is 1. The molecule has 1 heterocycles. The minimum absolute atomic E-state index is 0.0701. The van der Waals surface area contributed by atoms with E-state index in [2.05, 4.69) is 34.1 Å². The van der Waals surface area contributed by atoms with Gasteiger partial charge in [0.2, 0.25) is 5.91 Å². The minimum Gasteiger partial charge on any atom is -0.493 e. The van der Waals surface area contributed by atoms with E-state index in [1.165, 1.54) is 36.1 Å². The van der Waals surface area contributed by atoms with Gasteiger partial charge in [0, 0.05) is 22.7 Å². The molecule has 8 heteroatoms. The van der Waals surface area contributed by atoms with E-state index in [0.717, 1.165) is 17.0 Å². The van der Waals surface area contributed by atoms with Gasteiger partial charge in [-0.1, -0.05) is 31.2 Å². The summed E-state index contributed by atoms with van der Waals surface area (Å²) in [6.07, 6.45) is 1.04. The van der Waals surface area contributed by atoms with E-state index in [1.807, 2.05) is 17.5 Å². The van der Waals surface area contributed by atoms with Crippen molar-refractivity contribution in [3.63, 3.8) is 0 Å². The third-order valence-electron chi connectivity index (χ3n) is 4.17. The maximum atomic E-state index is 12.5. The van der Waals surface area contributed by atoms with Gasteiger partial charge in [-0.15, -0.1) is 11.3 Å². The molecular formula is C21H20F2N2O3S. The van der Waals surface area contributed by atoms with Gasteiger partial charge in [0.25, 0.3) is 0 Å². The molecule has 1 aromatic heterocycles. The summed E-state index contributed by atoms with van der Waals surface area (Å²) in [4.78, 5) is 16.8. The van der Waals surface area contributed by atoms with Crippen molar-refractivity contribution in [3.05, 3.63) is 59.1 Å². The Bertz CT molecular complexity index is 974. The summed E-state index contributed by atoms with van der Waals surface area (Å²) >= 11 is 1.47. The first-order valence-corrected chi connectivity index (χ1v) is 9.83. The number of nitrogens with zero attached hydrogens (tertiary/aromatic N) is 1. The highest BCUT2D eigenvalue weighted by Crippen LogP contribution is 2.31. The molecule has 0 bridgehead atoms. The second-order valence-corrected chi connectivity index (χ2v) is 7.02. The highest BCUT2D eigenvalue weighted by Gasteiger charge is 2.14. The van der Waals surface area contributed by atoms with E-state index in [-0.39, 0.29) is 23.8 Å². The molecule has 1 amide bonds. The summed E-state index contributed by atoms with van der Waals surface area (Å²) in [5.41, 5.74) is 3.22. The lowest BCUT2D eigenvalue weighted by Gasteiger charge is -2.12. The predicted octanol–water partition coefficient (Wildman–Crippen LogP) is 5.16. The summed E-state index contributed by atoms with van der Waals surface area (Å²) < 4.78 is 34.5. The topological polar surface area (TPSA) is 60.5 Å². The molecule has 152 valence electrons. The molecule has 3 aromatic rings. The number of benzene rings is 2. The molecule has 0 saturated carbocycles. The van der Waals surface area contributed by atoms with Crippen LogP contribution in [0.1, 0.15) is 18.2 Å². The Kier molecular flexibility index (Phi) is 6.77. The van der Waals surface area contributed by atoms with Crippen LogP contribution in [0.2, 0.25) is 0 Å². The first-order chi connectivity index (χ1) is 14.0. The maximum Gasteiger partial charge on any atom is 0.387 e. The van der Waals surface area contributed by atoms with Gasteiger partial charge in [-0.05, 0) is 24.1 Å². The van der Waals surface area contributed by atoms with Gasteiger partial charge in [0.15, 0.2) is 11.5 Å². The third kappa shape index (κ3) is 5.51. The average molecular weight is 418 g/mol. The van der Waals surface area contributed by atoms with E-state index < -0.39 is 6.61 Å². The Hall–Kier alpha value is -3.00. The molecule has 0 fully saturated rings. The van der Waals surface area contributed by atoms with Crippen molar-refractivity contribution in [3.8, 4) is 22.1 Å². The normalized spacial score (nSPS) is 10.8. The summed E-state index contributed by atoms with van der Waals surface area (Å²) in [7, 11) is 1.35. The van der Waals surface area contributed by atoms with E-state index >= 15 is 0 Å². The largest absolute Gasteiger partial charge is 0.493 e. The SMILES string of the molecule is CCc1ccc(-c2nc(CC(=O)Nc3ccc(OC)c(OC(F)F)c3)cs2)cc1. The first-order valence-electron chi connectivity index (χ1n) is 8.95. The van der Waals surface area contributed by atoms with Crippen molar-refractivity contribution in [2.24, 2.45) is 0 Å². The lowest BCUT2D eigenvalue weighted by Crippen LogP contribution is -2.15. The molecule has 0 aliphatic carbocycles. The molecule has 3 rings (SSSR count). The van der Waals surface area contributed by atoms with Crippen LogP contribution in [0, 0.1) is 0 Å². The van der Waals surface area contributed by atoms with Gasteiger partial charge in [-0.3, -0.25) is 4.79 Å². The predicted molar refractivity (Wildman–Crippen MR) is 109 cm³/mol. The number of methoxy groups -OCH3 is 1. The molecule has 0 atom stereocenters. The number of aromatic nitrogens is 1. The minimum atomic E-state index is -2.99. The van der Waals surface area contributed by atoms with E-state index in [1.54, 1.807) is 6.07 Å². The smallest absolute Gasteiger partial charge is 0.387 e. The zero-order chi connectivity index (χ0) is 20.8. The molecule has 5 nitrogen and oxygen atoms in total. The fraction of sp³-hybridized carbons (Fsp3) is 0.238. The number of thiazole rings is 1. The number of alkyl halides is 2. The molecule has 0 radical (unpaired) electrons. The zero-order valence-corrected chi connectivity index (χ0v) is 16.8. The van der Waals surface area contributed by atoms with Crippen LogP contribution >= 0.6 is 11.3 Å². The van der Waals surface area contributed by atoms with Crippen LogP contribution in [0.15, 0.2) is 47.8 Å². The van der Waals surface area contributed by atoms with Crippen LogP contribution in [0.5, 0.6) is 11.5 Å². The number of aryl methyl sites for hydroxylation is 1. The van der Waals surface area contributed by atoms with Crippen LogP contribution in [0.4, 0.5) is 14.5 Å². The number of ether oxygens (including phenoxy) is 2. The van der Waals surface area contributed by atoms with Gasteiger partial charge in [-0.25, -0.2) is 4.98 Å². The maximum absolute atomic E-state index is 12.5. The standard InChI is InChI=1S/C21H20F2N2O3S/c1-3-13-4-6-14(7-5-13)20-25-16(12-29-20)11-19(26)24-15-8-9-17(27-2)18(10-15)28-21(22)23/h4-10,12,21H,3,11H2,1-2H3,(H,24,26). The molecule has 1 N–H and O–H groups in total. The van der Waals surface area contributed by atoms with Gasteiger partial charge >= 0.3 is 6.61 Å². The average Bonchev–Trinajstić information content (AvgIpc) is 3.16. The fourth-order valence-corrected chi connectivity index (χ4v) is 3.54. The molecule has 0 unspecified atom stereocenters. The van der Waals surface area contributed by atoms with E-state index in [0.29, 0.717) is 11.4 Å². The van der Waals surface area contributed by atoms with Gasteiger partial charge in [0.05, 0.1) is 19.2 Å². The van der Waals surface area contributed by atoms with Crippen molar-refractivity contribution in [2.45, 2.75) is 26.4 Å². The van der Waals surface area contributed by atoms with Crippen LogP contribution in [-0.2, 0) is 17.6 Å². The second-order valence-electron chi connectivity index (χ2n) is 6.16. The van der Waals surface area contributed by atoms with Gasteiger partial charge < -0.3 is 14.8 Å². The lowest BCUT2D eigenvalue weighted by atomic mass is 10.1. The van der Waals surface area contributed by atoms with Crippen LogP contribution in [0.25, 0.3) is 10.6 Å². The Morgan fingerprint density at radius 2 is 1.93 bits per heavy atom. The summed E-state index contributed by atoms with van der Waals surface area (Å²) in [6.45, 7) is -0.893. The van der Waals surface area contributed by atoms with Gasteiger partial charge in [-0.2, -0.15) is 8.78 Å². The molecule has 29 heavy (non-hydrogen) atoms. The monoisotopic (exact) mass is 418 g/mol. The number of halogens is 2. The molecule has 0 aliphatic rings. The van der Waals surface area contributed by atoms with E-state index in [9.17, 15) is 13.6 Å². The summed E-state index contributed by atoms with van der Waals surface area (Å²) in [6, 6.07) is 12.5. The quantitative estimate of drug-likeness (QED) is 0.549. The Balaban J connectivity index is 1.66. The molecule has 0 saturated heterocycles. The molecule has 0 spiro atoms. The van der Waals surface area contributed by atoms with Crippen LogP contribution < -0.4 is 14.8 Å². The highest BCUT2D eigenvalue weighted by molar-refractivity contribution is 7.13. The number of anilines is 1. The summed E-state index contributed by atoms with van der Waals surface area (Å²) in [5.74, 6) is -0.301. The number of nitrogens with one attached hydrogen (secondary N) is 1. The number of carbonyl (C=O) groups is 1. The third-order valence-corrected chi connectivity index (χ3v) is 5.11. The van der Waals surface area contributed by atoms with Crippen LogP contribution in [0.3, 0.4) is 0 Å². The Morgan fingerprint density at radius 3 is 2.59 bits per heavy atom. The molecule has 0 aliphatic heterocycles. The first kappa shape index (κ1) is 20.7. The highest BCUT2D eigenvalue weighted by atomic mass is 32.1. The van der Waals surface area contributed by atoms with Gasteiger partial charge in [0.1, 0.15) is 5.01 Å². The number of amides is 1.